The van der Waals surface area contributed by atoms with E-state index in [1.807, 2.05) is 6.92 Å². The molecule has 0 radical (unpaired) electrons. The number of piperidine rings is 1. The molecular formula is C26H34F2N8. The predicted molar refractivity (Wildman–Crippen MR) is 134 cm³/mol. The van der Waals surface area contributed by atoms with E-state index in [-0.39, 0.29) is 0 Å². The largest absolute Gasteiger partial charge is 0.350 e. The van der Waals surface area contributed by atoms with Crippen LogP contribution < -0.4 is 4.90 Å². The molecule has 0 saturated carbocycles. The number of aromatic amines is 1. The molecule has 1 aromatic carbocycles. The summed E-state index contributed by atoms with van der Waals surface area (Å²) in [5.41, 5.74) is 2.38. The first kappa shape index (κ1) is 24.7. The minimum Gasteiger partial charge on any atom is -0.350 e. The highest BCUT2D eigenvalue weighted by Gasteiger charge is 2.37. The number of rotatable bonds is 6. The molecule has 4 heterocycles. The molecule has 2 aliphatic heterocycles. The van der Waals surface area contributed by atoms with Gasteiger partial charge in [0.1, 0.15) is 17.8 Å². The van der Waals surface area contributed by atoms with Gasteiger partial charge in [-0.05, 0) is 63.9 Å². The summed E-state index contributed by atoms with van der Waals surface area (Å²) < 4.78 is 26.9. The molecule has 2 atom stereocenters. The van der Waals surface area contributed by atoms with Crippen LogP contribution in [0.5, 0.6) is 0 Å². The maximum atomic E-state index is 13.6. The molecule has 3 aromatic rings. The van der Waals surface area contributed by atoms with Crippen LogP contribution in [0.25, 0.3) is 11.5 Å². The van der Waals surface area contributed by atoms with Gasteiger partial charge in [0.25, 0.3) is 0 Å². The Morgan fingerprint density at radius 1 is 1.08 bits per heavy atom. The van der Waals surface area contributed by atoms with Gasteiger partial charge in [-0.2, -0.15) is 5.10 Å². The topological polar surface area (TPSA) is 77.1 Å². The van der Waals surface area contributed by atoms with Crippen molar-refractivity contribution in [2.45, 2.75) is 64.7 Å². The fourth-order valence-electron chi connectivity index (χ4n) is 5.67. The van der Waals surface area contributed by atoms with Crippen molar-refractivity contribution in [3.05, 3.63) is 53.6 Å². The zero-order valence-electron chi connectivity index (χ0n) is 21.2. The molecular weight excluding hydrogens is 462 g/mol. The predicted octanol–water partition coefficient (Wildman–Crippen LogP) is 3.80. The first-order chi connectivity index (χ1) is 17.4. The van der Waals surface area contributed by atoms with Crippen LogP contribution in [-0.4, -0.2) is 79.3 Å². The lowest BCUT2D eigenvalue weighted by molar-refractivity contribution is 0.0505. The molecule has 1 N–H and O–H groups in total. The van der Waals surface area contributed by atoms with E-state index in [0.717, 1.165) is 62.5 Å². The highest BCUT2D eigenvalue weighted by molar-refractivity contribution is 5.53. The number of anilines is 1. The number of H-pyrrole nitrogens is 1. The summed E-state index contributed by atoms with van der Waals surface area (Å²) in [7, 11) is 0. The Kier molecular flexibility index (Phi) is 7.25. The molecule has 0 amide bonds. The Morgan fingerprint density at radius 3 is 2.56 bits per heavy atom. The number of aromatic nitrogens is 5. The van der Waals surface area contributed by atoms with Crippen LogP contribution in [0.1, 0.15) is 44.4 Å². The van der Waals surface area contributed by atoms with Crippen LogP contribution in [0.2, 0.25) is 0 Å². The molecule has 10 heteroatoms. The van der Waals surface area contributed by atoms with E-state index in [2.05, 4.69) is 43.7 Å². The van der Waals surface area contributed by atoms with E-state index in [1.165, 1.54) is 12.1 Å². The van der Waals surface area contributed by atoms with Gasteiger partial charge in [-0.15, -0.1) is 0 Å². The molecule has 2 aliphatic rings. The zero-order valence-corrected chi connectivity index (χ0v) is 21.2. The summed E-state index contributed by atoms with van der Waals surface area (Å²) in [5, 5.41) is 6.84. The van der Waals surface area contributed by atoms with Crippen molar-refractivity contribution in [3.8, 4) is 11.5 Å². The smallest absolute Gasteiger partial charge is 0.201 e. The van der Waals surface area contributed by atoms with Crippen molar-refractivity contribution in [2.24, 2.45) is 0 Å². The maximum absolute atomic E-state index is 13.6. The molecule has 5 rings (SSSR count). The van der Waals surface area contributed by atoms with Crippen molar-refractivity contribution in [3.63, 3.8) is 0 Å². The highest BCUT2D eigenvalue weighted by Crippen LogP contribution is 2.30. The highest BCUT2D eigenvalue weighted by atomic mass is 19.2. The van der Waals surface area contributed by atoms with Gasteiger partial charge in [0, 0.05) is 37.8 Å². The summed E-state index contributed by atoms with van der Waals surface area (Å²) in [4.78, 5) is 21.1. The van der Waals surface area contributed by atoms with E-state index in [9.17, 15) is 8.78 Å². The summed E-state index contributed by atoms with van der Waals surface area (Å²) >= 11 is 0. The average Bonchev–Trinajstić information content (AvgIpc) is 3.42. The van der Waals surface area contributed by atoms with Gasteiger partial charge in [0.15, 0.2) is 11.6 Å². The third-order valence-electron chi connectivity index (χ3n) is 7.61. The number of halogens is 2. The molecule has 0 unspecified atom stereocenters. The van der Waals surface area contributed by atoms with Gasteiger partial charge in [-0.25, -0.2) is 23.7 Å². The lowest BCUT2D eigenvalue weighted by Gasteiger charge is -2.50. The number of nitrogens with one attached hydrogen (secondary N) is 1. The van der Waals surface area contributed by atoms with Crippen LogP contribution in [0, 0.1) is 18.6 Å². The summed E-state index contributed by atoms with van der Waals surface area (Å²) in [6.45, 7) is 11.0. The first-order valence-corrected chi connectivity index (χ1v) is 12.8. The Bertz CT molecular complexity index is 1160. The van der Waals surface area contributed by atoms with Crippen LogP contribution in [0.3, 0.4) is 0 Å². The van der Waals surface area contributed by atoms with Gasteiger partial charge in [0.2, 0.25) is 5.82 Å². The van der Waals surface area contributed by atoms with E-state index in [4.69, 9.17) is 9.97 Å². The van der Waals surface area contributed by atoms with Gasteiger partial charge >= 0.3 is 0 Å². The fraction of sp³-hybridized carbons (Fsp3) is 0.538. The number of likely N-dealkylation sites (tertiary alicyclic amines) is 1. The molecule has 36 heavy (non-hydrogen) atoms. The summed E-state index contributed by atoms with van der Waals surface area (Å²) in [6, 6.07) is 5.51. The van der Waals surface area contributed by atoms with Crippen molar-refractivity contribution in [1.82, 2.24) is 34.9 Å². The Balaban J connectivity index is 1.22. The molecule has 192 valence electrons. The van der Waals surface area contributed by atoms with E-state index in [1.54, 1.807) is 18.6 Å². The lowest BCUT2D eigenvalue weighted by atomic mass is 9.96. The standard InChI is InChI=1S/C26H34F2N8/c1-4-20-15-35(26-18(3)32-24(12-29-26)25-30-16-31-33-25)17(2)13-36(20)21-7-9-34(10-8-21)14-19-5-6-22(27)23(28)11-19/h5-6,11-12,16-17,20-21H,4,7-10,13-15H2,1-3H3,(H,30,31,33)/t17-,20+/m1/s1. The SMILES string of the molecule is CC[C@H]1CN(c2ncc(-c3nc[nH]n3)nc2C)[C@H](C)CN1C1CCN(Cc2ccc(F)c(F)c2)CC1. The van der Waals surface area contributed by atoms with Gasteiger partial charge in [0.05, 0.1) is 11.9 Å². The molecule has 2 fully saturated rings. The number of nitrogens with zero attached hydrogens (tertiary/aromatic N) is 7. The average molecular weight is 497 g/mol. The van der Waals surface area contributed by atoms with E-state index in [0.29, 0.717) is 36.2 Å². The number of aryl methyl sites for hydroxylation is 1. The van der Waals surface area contributed by atoms with Crippen molar-refractivity contribution in [2.75, 3.05) is 31.1 Å². The van der Waals surface area contributed by atoms with Crippen LogP contribution >= 0.6 is 0 Å². The van der Waals surface area contributed by atoms with Crippen molar-refractivity contribution in [1.29, 1.82) is 0 Å². The van der Waals surface area contributed by atoms with Gasteiger partial charge in [-0.3, -0.25) is 14.9 Å². The van der Waals surface area contributed by atoms with Crippen molar-refractivity contribution < 1.29 is 8.78 Å². The molecule has 8 nitrogen and oxygen atoms in total. The normalized spacial score (nSPS) is 22.3. The van der Waals surface area contributed by atoms with E-state index < -0.39 is 11.6 Å². The molecule has 0 spiro atoms. The number of hydrogen-bond acceptors (Lipinski definition) is 7. The zero-order chi connectivity index (χ0) is 25.2. The maximum Gasteiger partial charge on any atom is 0.201 e. The second-order valence-electron chi connectivity index (χ2n) is 10.0. The minimum absolute atomic E-state index is 0.315. The summed E-state index contributed by atoms with van der Waals surface area (Å²) in [5.74, 6) is -0.0749. The Labute approximate surface area is 210 Å². The van der Waals surface area contributed by atoms with Gasteiger partial charge in [-0.1, -0.05) is 13.0 Å². The monoisotopic (exact) mass is 496 g/mol. The van der Waals surface area contributed by atoms with Crippen LogP contribution in [-0.2, 0) is 6.54 Å². The quantitative estimate of drug-likeness (QED) is 0.556. The van der Waals surface area contributed by atoms with Gasteiger partial charge < -0.3 is 4.90 Å². The molecule has 2 aromatic heterocycles. The first-order valence-electron chi connectivity index (χ1n) is 12.8. The number of hydrogen-bond donors (Lipinski definition) is 1. The second kappa shape index (κ2) is 10.6. The summed E-state index contributed by atoms with van der Waals surface area (Å²) in [6.07, 6.45) is 6.53. The third-order valence-corrected chi connectivity index (χ3v) is 7.61. The second-order valence-corrected chi connectivity index (χ2v) is 10.0. The molecule has 0 bridgehead atoms. The fourth-order valence-corrected chi connectivity index (χ4v) is 5.67. The van der Waals surface area contributed by atoms with Crippen LogP contribution in [0.4, 0.5) is 14.6 Å². The van der Waals surface area contributed by atoms with Crippen molar-refractivity contribution >= 4 is 5.82 Å². The Morgan fingerprint density at radius 2 is 1.89 bits per heavy atom. The molecule has 2 saturated heterocycles. The lowest BCUT2D eigenvalue weighted by Crippen LogP contribution is -2.61. The molecule has 0 aliphatic carbocycles. The Hall–Kier alpha value is -2.98. The number of benzene rings is 1. The minimum atomic E-state index is -0.789. The van der Waals surface area contributed by atoms with E-state index >= 15 is 0 Å². The third kappa shape index (κ3) is 5.10. The number of piperazine rings is 1. The van der Waals surface area contributed by atoms with Crippen LogP contribution in [0.15, 0.2) is 30.7 Å².